The molecule has 0 amide bonds. The van der Waals surface area contributed by atoms with E-state index in [4.69, 9.17) is 5.73 Å². The van der Waals surface area contributed by atoms with Crippen molar-refractivity contribution in [3.05, 3.63) is 11.1 Å². The monoisotopic (exact) mass is 204 g/mol. The van der Waals surface area contributed by atoms with Crippen molar-refractivity contribution in [2.45, 2.75) is 17.4 Å². The Morgan fingerprint density at radius 1 is 1.83 bits per heavy atom. The molecule has 1 atom stereocenters. The molecule has 12 heavy (non-hydrogen) atoms. The molecule has 0 fully saturated rings. The molecule has 1 aromatic heterocycles. The lowest BCUT2D eigenvalue weighted by atomic mass is 10.3. The average Bonchev–Trinajstić information content (AvgIpc) is 2.52. The molecule has 3 N–H and O–H groups in total. The first kappa shape index (κ1) is 9.98. The normalized spacial score (nSPS) is 13.2. The van der Waals surface area contributed by atoms with Crippen LogP contribution in [0.5, 0.6) is 0 Å². The molecule has 0 aromatic carbocycles. The van der Waals surface area contributed by atoms with Gasteiger partial charge in [-0.2, -0.15) is 0 Å². The van der Waals surface area contributed by atoms with Gasteiger partial charge in [-0.05, 0) is 5.75 Å². The minimum atomic E-state index is -0.604. The molecule has 0 radical (unpaired) electrons. The molecule has 0 aliphatic rings. The summed E-state index contributed by atoms with van der Waals surface area (Å²) in [4.78, 5) is 4.22. The van der Waals surface area contributed by atoms with E-state index in [0.717, 1.165) is 10.1 Å². The van der Waals surface area contributed by atoms with Crippen molar-refractivity contribution < 1.29 is 5.11 Å². The maximum Gasteiger partial charge on any atom is 0.150 e. The van der Waals surface area contributed by atoms with Gasteiger partial charge >= 0.3 is 0 Å². The standard InChI is InChI=1S/C7H12N2OS2/c1-2-11-7-9-5(4-12-7)6(10)3-8/h4,6,10H,2-3,8H2,1H3. The van der Waals surface area contributed by atoms with Crippen LogP contribution in [0.1, 0.15) is 18.7 Å². The van der Waals surface area contributed by atoms with Crippen LogP contribution in [0.2, 0.25) is 0 Å². The van der Waals surface area contributed by atoms with E-state index in [9.17, 15) is 5.11 Å². The highest BCUT2D eigenvalue weighted by atomic mass is 32.2. The lowest BCUT2D eigenvalue weighted by Gasteiger charge is -2.01. The SMILES string of the molecule is CCSc1nc(C(O)CN)cs1. The van der Waals surface area contributed by atoms with Crippen molar-refractivity contribution in [1.29, 1.82) is 0 Å². The van der Waals surface area contributed by atoms with Crippen molar-refractivity contribution in [3.8, 4) is 0 Å². The summed E-state index contributed by atoms with van der Waals surface area (Å²) in [7, 11) is 0. The second-order valence-corrected chi connectivity index (χ2v) is 4.59. The van der Waals surface area contributed by atoms with E-state index in [-0.39, 0.29) is 6.54 Å². The molecule has 5 heteroatoms. The van der Waals surface area contributed by atoms with Gasteiger partial charge in [0, 0.05) is 11.9 Å². The first-order valence-electron chi connectivity index (χ1n) is 3.74. The zero-order valence-electron chi connectivity index (χ0n) is 6.86. The highest BCUT2D eigenvalue weighted by Gasteiger charge is 2.09. The third kappa shape index (κ3) is 2.45. The number of aliphatic hydroxyl groups is 1. The van der Waals surface area contributed by atoms with Crippen LogP contribution in [-0.4, -0.2) is 22.4 Å². The van der Waals surface area contributed by atoms with Crippen LogP contribution in [0.3, 0.4) is 0 Å². The summed E-state index contributed by atoms with van der Waals surface area (Å²) in [5, 5.41) is 11.2. The largest absolute Gasteiger partial charge is 0.385 e. The highest BCUT2D eigenvalue weighted by molar-refractivity contribution is 8.00. The van der Waals surface area contributed by atoms with Crippen LogP contribution in [0.4, 0.5) is 0 Å². The lowest BCUT2D eigenvalue weighted by molar-refractivity contribution is 0.182. The Labute approximate surface area is 80.0 Å². The van der Waals surface area contributed by atoms with Crippen molar-refractivity contribution >= 4 is 23.1 Å². The van der Waals surface area contributed by atoms with E-state index < -0.39 is 6.10 Å². The number of nitrogens with two attached hydrogens (primary N) is 1. The van der Waals surface area contributed by atoms with Gasteiger partial charge in [0.2, 0.25) is 0 Å². The highest BCUT2D eigenvalue weighted by Crippen LogP contribution is 2.24. The summed E-state index contributed by atoms with van der Waals surface area (Å²) < 4.78 is 1.00. The average molecular weight is 204 g/mol. The molecule has 0 bridgehead atoms. The number of hydrogen-bond acceptors (Lipinski definition) is 5. The Morgan fingerprint density at radius 2 is 2.58 bits per heavy atom. The van der Waals surface area contributed by atoms with Crippen LogP contribution in [0.15, 0.2) is 9.72 Å². The fourth-order valence-corrected chi connectivity index (χ4v) is 2.51. The van der Waals surface area contributed by atoms with Crippen molar-refractivity contribution in [3.63, 3.8) is 0 Å². The van der Waals surface area contributed by atoms with Gasteiger partial charge in [0.05, 0.1) is 5.69 Å². The smallest absolute Gasteiger partial charge is 0.150 e. The van der Waals surface area contributed by atoms with Gasteiger partial charge in [0.25, 0.3) is 0 Å². The summed E-state index contributed by atoms with van der Waals surface area (Å²) in [5.74, 6) is 1.01. The van der Waals surface area contributed by atoms with E-state index in [1.807, 2.05) is 5.38 Å². The van der Waals surface area contributed by atoms with Gasteiger partial charge < -0.3 is 10.8 Å². The van der Waals surface area contributed by atoms with Gasteiger partial charge in [0.1, 0.15) is 10.4 Å². The number of thiazole rings is 1. The van der Waals surface area contributed by atoms with Crippen LogP contribution < -0.4 is 5.73 Å². The van der Waals surface area contributed by atoms with Gasteiger partial charge in [-0.15, -0.1) is 11.3 Å². The van der Waals surface area contributed by atoms with Crippen LogP contribution in [0, 0.1) is 0 Å². The summed E-state index contributed by atoms with van der Waals surface area (Å²) in [6, 6.07) is 0. The van der Waals surface area contributed by atoms with Crippen LogP contribution >= 0.6 is 23.1 Å². The van der Waals surface area contributed by atoms with E-state index in [1.54, 1.807) is 23.1 Å². The van der Waals surface area contributed by atoms with Crippen LogP contribution in [0.25, 0.3) is 0 Å². The number of thioether (sulfide) groups is 1. The molecule has 0 saturated heterocycles. The zero-order chi connectivity index (χ0) is 8.97. The predicted octanol–water partition coefficient (Wildman–Crippen LogP) is 1.25. The first-order valence-corrected chi connectivity index (χ1v) is 5.60. The minimum Gasteiger partial charge on any atom is -0.385 e. The number of hydrogen-bond donors (Lipinski definition) is 2. The topological polar surface area (TPSA) is 59.1 Å². The fraction of sp³-hybridized carbons (Fsp3) is 0.571. The van der Waals surface area contributed by atoms with E-state index >= 15 is 0 Å². The van der Waals surface area contributed by atoms with Gasteiger partial charge in [-0.25, -0.2) is 4.98 Å². The molecule has 1 aromatic rings. The summed E-state index contributed by atoms with van der Waals surface area (Å²) in [5.41, 5.74) is 5.99. The number of nitrogens with zero attached hydrogens (tertiary/aromatic N) is 1. The van der Waals surface area contributed by atoms with E-state index in [2.05, 4.69) is 11.9 Å². The second kappa shape index (κ2) is 4.81. The molecular formula is C7H12N2OS2. The molecule has 68 valence electrons. The Kier molecular flexibility index (Phi) is 4.00. The van der Waals surface area contributed by atoms with Gasteiger partial charge in [-0.3, -0.25) is 0 Å². The quantitative estimate of drug-likeness (QED) is 0.725. The number of rotatable bonds is 4. The molecule has 1 heterocycles. The zero-order valence-corrected chi connectivity index (χ0v) is 8.49. The Balaban J connectivity index is 2.63. The second-order valence-electron chi connectivity index (χ2n) is 2.22. The van der Waals surface area contributed by atoms with Gasteiger partial charge in [-0.1, -0.05) is 18.7 Å². The maximum atomic E-state index is 9.32. The molecule has 1 rings (SSSR count). The molecule has 0 aliphatic carbocycles. The summed E-state index contributed by atoms with van der Waals surface area (Å²) in [6.07, 6.45) is -0.604. The number of aliphatic hydroxyl groups excluding tert-OH is 1. The molecule has 0 spiro atoms. The maximum absolute atomic E-state index is 9.32. The first-order chi connectivity index (χ1) is 5.77. The Morgan fingerprint density at radius 3 is 3.17 bits per heavy atom. The summed E-state index contributed by atoms with van der Waals surface area (Å²) >= 11 is 3.23. The Bertz CT molecular complexity index is 239. The molecular weight excluding hydrogens is 192 g/mol. The Hall–Kier alpha value is -0.100. The van der Waals surface area contributed by atoms with Crippen molar-refractivity contribution in [1.82, 2.24) is 4.98 Å². The molecule has 0 aliphatic heterocycles. The van der Waals surface area contributed by atoms with Crippen molar-refractivity contribution in [2.75, 3.05) is 12.3 Å². The van der Waals surface area contributed by atoms with E-state index in [1.165, 1.54) is 0 Å². The van der Waals surface area contributed by atoms with Crippen molar-refractivity contribution in [2.24, 2.45) is 5.73 Å². The molecule has 0 saturated carbocycles. The minimum absolute atomic E-state index is 0.236. The van der Waals surface area contributed by atoms with E-state index in [0.29, 0.717) is 5.69 Å². The lowest BCUT2D eigenvalue weighted by Crippen LogP contribution is -2.11. The third-order valence-corrected chi connectivity index (χ3v) is 3.25. The fourth-order valence-electron chi connectivity index (χ4n) is 0.732. The van der Waals surface area contributed by atoms with Crippen LogP contribution in [-0.2, 0) is 0 Å². The molecule has 1 unspecified atom stereocenters. The predicted molar refractivity (Wildman–Crippen MR) is 52.5 cm³/mol. The third-order valence-electron chi connectivity index (χ3n) is 1.33. The van der Waals surface area contributed by atoms with Gasteiger partial charge in [0.15, 0.2) is 0 Å². The number of aromatic nitrogens is 1. The molecule has 3 nitrogen and oxygen atoms in total. The summed E-state index contributed by atoms with van der Waals surface area (Å²) in [6.45, 7) is 2.31.